The number of hydrogen-bond donors (Lipinski definition) is 2. The molecule has 5 nitrogen and oxygen atoms in total. The Morgan fingerprint density at radius 3 is 2.60 bits per heavy atom. The predicted octanol–water partition coefficient (Wildman–Crippen LogP) is 3.53. The molecule has 0 saturated carbocycles. The molecule has 2 N–H and O–H groups in total. The second-order valence-corrected chi connectivity index (χ2v) is 5.56. The maximum atomic E-state index is 12.1. The molecular formula is C19H18ClN3O2. The minimum atomic E-state index is -0.474. The van der Waals surface area contributed by atoms with Crippen LogP contribution in [0.3, 0.4) is 0 Å². The van der Waals surface area contributed by atoms with Gasteiger partial charge in [0.1, 0.15) is 17.4 Å². The Morgan fingerprint density at radius 1 is 1.24 bits per heavy atom. The molecule has 0 heterocycles. The number of amides is 1. The van der Waals surface area contributed by atoms with Crippen LogP contribution < -0.4 is 15.4 Å². The molecule has 0 saturated heterocycles. The van der Waals surface area contributed by atoms with E-state index >= 15 is 0 Å². The minimum Gasteiger partial charge on any atom is -0.497 e. The Kier molecular flexibility index (Phi) is 6.87. The van der Waals surface area contributed by atoms with Gasteiger partial charge in [0, 0.05) is 23.5 Å². The first-order valence-electron chi connectivity index (χ1n) is 7.66. The summed E-state index contributed by atoms with van der Waals surface area (Å²) in [7, 11) is 1.57. The molecule has 1 amide bonds. The number of nitrogens with zero attached hydrogens (tertiary/aromatic N) is 1. The highest BCUT2D eigenvalue weighted by atomic mass is 35.5. The molecule has 2 aromatic rings. The van der Waals surface area contributed by atoms with Gasteiger partial charge in [-0.1, -0.05) is 29.8 Å². The third kappa shape index (κ3) is 5.55. The number of carbonyl (C=O) groups excluding carboxylic acids is 1. The van der Waals surface area contributed by atoms with E-state index in [0.29, 0.717) is 29.4 Å². The van der Waals surface area contributed by atoms with Crippen molar-refractivity contribution in [1.82, 2.24) is 5.32 Å². The van der Waals surface area contributed by atoms with Gasteiger partial charge >= 0.3 is 0 Å². The van der Waals surface area contributed by atoms with Crippen LogP contribution in [0.4, 0.5) is 5.69 Å². The first-order chi connectivity index (χ1) is 12.1. The monoisotopic (exact) mass is 355 g/mol. The molecule has 0 spiro atoms. The van der Waals surface area contributed by atoms with E-state index < -0.39 is 5.91 Å². The molecule has 0 aliphatic heterocycles. The van der Waals surface area contributed by atoms with Crippen molar-refractivity contribution in [3.8, 4) is 11.8 Å². The highest BCUT2D eigenvalue weighted by Gasteiger charge is 2.09. The van der Waals surface area contributed by atoms with E-state index in [-0.39, 0.29) is 5.57 Å². The standard InChI is InChI=1S/C19H18ClN3O2/c1-25-17-8-6-16(7-9-17)23-19(24)15(12-21)13-22-11-10-14-4-2-3-5-18(14)20/h2-9,13,22H,10-11H2,1H3,(H,23,24)/b15-13-. The van der Waals surface area contributed by atoms with Crippen LogP contribution >= 0.6 is 11.6 Å². The SMILES string of the molecule is COc1ccc(NC(=O)/C(C#N)=C\NCCc2ccccc2Cl)cc1. The summed E-state index contributed by atoms with van der Waals surface area (Å²) in [6.07, 6.45) is 2.10. The van der Waals surface area contributed by atoms with E-state index in [4.69, 9.17) is 21.6 Å². The van der Waals surface area contributed by atoms with Crippen LogP contribution in [0.5, 0.6) is 5.75 Å². The van der Waals surface area contributed by atoms with Gasteiger partial charge in [0.25, 0.3) is 5.91 Å². The molecule has 6 heteroatoms. The average molecular weight is 356 g/mol. The summed E-state index contributed by atoms with van der Waals surface area (Å²) in [5.41, 5.74) is 1.59. The van der Waals surface area contributed by atoms with Crippen molar-refractivity contribution < 1.29 is 9.53 Å². The van der Waals surface area contributed by atoms with Crippen molar-refractivity contribution in [2.45, 2.75) is 6.42 Å². The number of anilines is 1. The molecule has 25 heavy (non-hydrogen) atoms. The number of nitriles is 1. The van der Waals surface area contributed by atoms with Crippen LogP contribution in [0, 0.1) is 11.3 Å². The van der Waals surface area contributed by atoms with E-state index in [1.165, 1.54) is 6.20 Å². The van der Waals surface area contributed by atoms with Gasteiger partial charge in [0.15, 0.2) is 0 Å². The summed E-state index contributed by atoms with van der Waals surface area (Å²) in [4.78, 5) is 12.1. The van der Waals surface area contributed by atoms with E-state index in [1.54, 1.807) is 31.4 Å². The van der Waals surface area contributed by atoms with Gasteiger partial charge in [0.2, 0.25) is 0 Å². The van der Waals surface area contributed by atoms with E-state index in [0.717, 1.165) is 5.56 Å². The Hall–Kier alpha value is -2.97. The van der Waals surface area contributed by atoms with Crippen molar-refractivity contribution >= 4 is 23.2 Å². The Morgan fingerprint density at radius 2 is 1.96 bits per heavy atom. The number of halogens is 1. The minimum absolute atomic E-state index is 0.00465. The summed E-state index contributed by atoms with van der Waals surface area (Å²) in [6.45, 7) is 0.560. The normalized spacial score (nSPS) is 10.7. The zero-order valence-corrected chi connectivity index (χ0v) is 14.5. The van der Waals surface area contributed by atoms with Gasteiger partial charge < -0.3 is 15.4 Å². The predicted molar refractivity (Wildman–Crippen MR) is 98.5 cm³/mol. The molecule has 2 aromatic carbocycles. The van der Waals surface area contributed by atoms with Crippen LogP contribution in [0.15, 0.2) is 60.3 Å². The average Bonchev–Trinajstić information content (AvgIpc) is 2.63. The number of ether oxygens (including phenoxy) is 1. The van der Waals surface area contributed by atoms with Crippen molar-refractivity contribution in [2.75, 3.05) is 19.0 Å². The lowest BCUT2D eigenvalue weighted by Gasteiger charge is -2.07. The molecule has 2 rings (SSSR count). The van der Waals surface area contributed by atoms with Crippen molar-refractivity contribution in [3.05, 3.63) is 70.9 Å². The molecule has 128 valence electrons. The quantitative estimate of drug-likeness (QED) is 0.452. The lowest BCUT2D eigenvalue weighted by atomic mass is 10.1. The number of rotatable bonds is 7. The second kappa shape index (κ2) is 9.36. The lowest BCUT2D eigenvalue weighted by Crippen LogP contribution is -2.18. The zero-order chi connectivity index (χ0) is 18.1. The molecule has 0 aromatic heterocycles. The summed E-state index contributed by atoms with van der Waals surface area (Å²) < 4.78 is 5.06. The van der Waals surface area contributed by atoms with E-state index in [9.17, 15) is 4.79 Å². The first-order valence-corrected chi connectivity index (χ1v) is 8.04. The highest BCUT2D eigenvalue weighted by Crippen LogP contribution is 2.16. The summed E-state index contributed by atoms with van der Waals surface area (Å²) >= 11 is 6.09. The van der Waals surface area contributed by atoms with E-state index in [2.05, 4.69) is 10.6 Å². The Labute approximate surface area is 151 Å². The van der Waals surface area contributed by atoms with Gasteiger partial charge in [-0.3, -0.25) is 4.79 Å². The topological polar surface area (TPSA) is 74.1 Å². The number of methoxy groups -OCH3 is 1. The molecule has 0 aliphatic rings. The molecule has 0 aliphatic carbocycles. The fourth-order valence-corrected chi connectivity index (χ4v) is 2.33. The van der Waals surface area contributed by atoms with Crippen molar-refractivity contribution in [1.29, 1.82) is 5.26 Å². The van der Waals surface area contributed by atoms with Crippen LogP contribution in [0.1, 0.15) is 5.56 Å². The zero-order valence-electron chi connectivity index (χ0n) is 13.8. The smallest absolute Gasteiger partial charge is 0.267 e. The van der Waals surface area contributed by atoms with Gasteiger partial charge in [-0.25, -0.2) is 0 Å². The number of benzene rings is 2. The molecular weight excluding hydrogens is 338 g/mol. The third-order valence-electron chi connectivity index (χ3n) is 3.46. The Balaban J connectivity index is 1.89. The molecule has 0 radical (unpaired) electrons. The maximum Gasteiger partial charge on any atom is 0.267 e. The maximum absolute atomic E-state index is 12.1. The van der Waals surface area contributed by atoms with Gasteiger partial charge in [-0.2, -0.15) is 5.26 Å². The van der Waals surface area contributed by atoms with Crippen LogP contribution in [0.2, 0.25) is 5.02 Å². The Bertz CT molecular complexity index is 795. The number of carbonyl (C=O) groups is 1. The summed E-state index contributed by atoms with van der Waals surface area (Å²) in [5, 5.41) is 15.5. The van der Waals surface area contributed by atoms with Gasteiger partial charge in [0.05, 0.1) is 7.11 Å². The van der Waals surface area contributed by atoms with Crippen LogP contribution in [0.25, 0.3) is 0 Å². The largest absolute Gasteiger partial charge is 0.497 e. The molecule has 0 bridgehead atoms. The summed E-state index contributed by atoms with van der Waals surface area (Å²) in [6, 6.07) is 16.3. The van der Waals surface area contributed by atoms with E-state index in [1.807, 2.05) is 30.3 Å². The van der Waals surface area contributed by atoms with Gasteiger partial charge in [-0.05, 0) is 42.3 Å². The fourth-order valence-electron chi connectivity index (χ4n) is 2.10. The van der Waals surface area contributed by atoms with Crippen molar-refractivity contribution in [3.63, 3.8) is 0 Å². The third-order valence-corrected chi connectivity index (χ3v) is 3.82. The summed E-state index contributed by atoms with van der Waals surface area (Å²) in [5.74, 6) is 0.216. The van der Waals surface area contributed by atoms with Crippen molar-refractivity contribution in [2.24, 2.45) is 0 Å². The number of nitrogens with one attached hydrogen (secondary N) is 2. The molecule has 0 fully saturated rings. The fraction of sp³-hybridized carbons (Fsp3) is 0.158. The first kappa shape index (κ1) is 18.4. The van der Waals surface area contributed by atoms with Crippen LogP contribution in [-0.2, 0) is 11.2 Å². The second-order valence-electron chi connectivity index (χ2n) is 5.15. The van der Waals surface area contributed by atoms with Gasteiger partial charge in [-0.15, -0.1) is 0 Å². The highest BCUT2D eigenvalue weighted by molar-refractivity contribution is 6.31. The lowest BCUT2D eigenvalue weighted by molar-refractivity contribution is -0.112. The molecule has 0 atom stereocenters. The van der Waals surface area contributed by atoms with Crippen LogP contribution in [-0.4, -0.2) is 19.6 Å². The number of hydrogen-bond acceptors (Lipinski definition) is 4. The molecule has 0 unspecified atom stereocenters.